The fraction of sp³-hybridized carbons (Fsp3) is 0.833. The molecule has 0 saturated heterocycles. The highest BCUT2D eigenvalue weighted by atomic mass is 35.5. The minimum atomic E-state index is 0.610. The molecule has 0 bridgehead atoms. The first-order valence-corrected chi connectivity index (χ1v) is 3.60. The van der Waals surface area contributed by atoms with Gasteiger partial charge in [0.05, 0.1) is 4.32 Å². The van der Waals surface area contributed by atoms with E-state index in [1.165, 1.54) is 0 Å². The molecule has 0 amide bonds. The van der Waals surface area contributed by atoms with Gasteiger partial charge in [-0.05, 0) is 18.8 Å². The van der Waals surface area contributed by atoms with Gasteiger partial charge >= 0.3 is 0 Å². The quantitative estimate of drug-likeness (QED) is 0.440. The fourth-order valence-electron chi connectivity index (χ4n) is 0.402. The zero-order valence-electron chi connectivity index (χ0n) is 5.28. The lowest BCUT2D eigenvalue weighted by Gasteiger charge is -1.99. The van der Waals surface area contributed by atoms with Crippen molar-refractivity contribution in [2.75, 3.05) is 0 Å². The third kappa shape index (κ3) is 6.38. The lowest BCUT2D eigenvalue weighted by molar-refractivity contribution is 0.607. The monoisotopic (exact) mass is 150 g/mol. The molecular formula is C6H11ClS. The third-order valence-corrected chi connectivity index (χ3v) is 1.31. The molecule has 0 N–H and O–H groups in total. The maximum atomic E-state index is 5.45. The molecule has 0 aliphatic heterocycles. The van der Waals surface area contributed by atoms with Crippen molar-refractivity contribution in [1.29, 1.82) is 0 Å². The summed E-state index contributed by atoms with van der Waals surface area (Å²) >= 11 is 10.1. The van der Waals surface area contributed by atoms with E-state index in [2.05, 4.69) is 26.1 Å². The van der Waals surface area contributed by atoms with E-state index in [1.54, 1.807) is 0 Å². The fourth-order valence-corrected chi connectivity index (χ4v) is 0.629. The maximum absolute atomic E-state index is 5.45. The summed E-state index contributed by atoms with van der Waals surface area (Å²) in [5.74, 6) is 0.715. The van der Waals surface area contributed by atoms with Crippen LogP contribution in [-0.2, 0) is 0 Å². The minimum absolute atomic E-state index is 0.610. The second-order valence-corrected chi connectivity index (χ2v) is 3.46. The Kier molecular flexibility index (Phi) is 4.48. The number of hydrogen-bond acceptors (Lipinski definition) is 1. The highest BCUT2D eigenvalue weighted by molar-refractivity contribution is 7.83. The van der Waals surface area contributed by atoms with Crippen LogP contribution in [0.2, 0.25) is 0 Å². The van der Waals surface area contributed by atoms with Crippen molar-refractivity contribution in [2.24, 2.45) is 5.92 Å². The van der Waals surface area contributed by atoms with Gasteiger partial charge in [0, 0.05) is 0 Å². The predicted octanol–water partition coefficient (Wildman–Crippen LogP) is 2.99. The van der Waals surface area contributed by atoms with Gasteiger partial charge in [0.1, 0.15) is 0 Å². The summed E-state index contributed by atoms with van der Waals surface area (Å²) in [6.45, 7) is 4.32. The van der Waals surface area contributed by atoms with E-state index in [-0.39, 0.29) is 0 Å². The van der Waals surface area contributed by atoms with Crippen LogP contribution in [0.15, 0.2) is 0 Å². The lowest BCUT2D eigenvalue weighted by Crippen LogP contribution is -1.89. The summed E-state index contributed by atoms with van der Waals surface area (Å²) in [5, 5.41) is 0. The molecule has 0 fully saturated rings. The van der Waals surface area contributed by atoms with E-state index >= 15 is 0 Å². The normalized spacial score (nSPS) is 10.0. The Morgan fingerprint density at radius 1 is 1.62 bits per heavy atom. The van der Waals surface area contributed by atoms with Gasteiger partial charge < -0.3 is 0 Å². The molecule has 0 aromatic rings. The molecule has 0 radical (unpaired) electrons. The Balaban J connectivity index is 3.05. The first-order chi connectivity index (χ1) is 3.63. The molecule has 0 atom stereocenters. The second kappa shape index (κ2) is 4.28. The molecule has 0 unspecified atom stereocenters. The van der Waals surface area contributed by atoms with E-state index in [1.807, 2.05) is 0 Å². The second-order valence-electron chi connectivity index (χ2n) is 2.29. The molecular weight excluding hydrogens is 140 g/mol. The smallest absolute Gasteiger partial charge is 0.0765 e. The topological polar surface area (TPSA) is 0 Å². The van der Waals surface area contributed by atoms with E-state index < -0.39 is 0 Å². The molecule has 0 aromatic heterocycles. The Hall–Kier alpha value is 0.380. The molecule has 0 spiro atoms. The Morgan fingerprint density at radius 3 is 2.25 bits per heavy atom. The maximum Gasteiger partial charge on any atom is 0.0808 e. The molecule has 48 valence electrons. The molecule has 0 aromatic carbocycles. The van der Waals surface area contributed by atoms with E-state index in [9.17, 15) is 0 Å². The summed E-state index contributed by atoms with van der Waals surface area (Å²) in [7, 11) is 0. The zero-order chi connectivity index (χ0) is 6.57. The molecule has 0 nitrogen and oxygen atoms in total. The van der Waals surface area contributed by atoms with E-state index in [4.69, 9.17) is 11.6 Å². The standard InChI is InChI=1S/C6H11ClS/c1-5(2)3-4-6(7)8/h5H,3-4H2,1-2H3. The van der Waals surface area contributed by atoms with Crippen LogP contribution in [0, 0.1) is 5.92 Å². The first kappa shape index (κ1) is 8.38. The van der Waals surface area contributed by atoms with Crippen molar-refractivity contribution in [3.05, 3.63) is 0 Å². The van der Waals surface area contributed by atoms with Gasteiger partial charge in [0.15, 0.2) is 0 Å². The minimum Gasteiger partial charge on any atom is -0.0765 e. The van der Waals surface area contributed by atoms with Gasteiger partial charge in [-0.15, -0.1) is 0 Å². The molecule has 0 heterocycles. The highest BCUT2D eigenvalue weighted by Gasteiger charge is 1.94. The van der Waals surface area contributed by atoms with Gasteiger partial charge in [-0.3, -0.25) is 0 Å². The third-order valence-electron chi connectivity index (χ3n) is 0.918. The number of rotatable bonds is 3. The van der Waals surface area contributed by atoms with Gasteiger partial charge in [0.2, 0.25) is 0 Å². The van der Waals surface area contributed by atoms with Gasteiger partial charge in [-0.1, -0.05) is 37.7 Å². The highest BCUT2D eigenvalue weighted by Crippen LogP contribution is 2.06. The van der Waals surface area contributed by atoms with Gasteiger partial charge in [-0.2, -0.15) is 0 Å². The Bertz CT molecular complexity index is 78.6. The van der Waals surface area contributed by atoms with Crippen LogP contribution in [0.5, 0.6) is 0 Å². The summed E-state index contributed by atoms with van der Waals surface area (Å²) < 4.78 is 0.610. The van der Waals surface area contributed by atoms with Crippen LogP contribution in [-0.4, -0.2) is 4.32 Å². The average molecular weight is 151 g/mol. The summed E-state index contributed by atoms with van der Waals surface area (Å²) in [4.78, 5) is 0. The Labute approximate surface area is 61.2 Å². The molecule has 0 rings (SSSR count). The molecule has 0 saturated carbocycles. The molecule has 2 heteroatoms. The average Bonchev–Trinajstić information content (AvgIpc) is 1.61. The molecule has 8 heavy (non-hydrogen) atoms. The Morgan fingerprint density at radius 2 is 2.12 bits per heavy atom. The summed E-state index contributed by atoms with van der Waals surface area (Å²) in [6.07, 6.45) is 2.00. The van der Waals surface area contributed by atoms with Crippen LogP contribution >= 0.6 is 23.8 Å². The van der Waals surface area contributed by atoms with E-state index in [0.29, 0.717) is 10.2 Å². The van der Waals surface area contributed by atoms with Crippen LogP contribution in [0.1, 0.15) is 26.7 Å². The molecule has 0 aliphatic rings. The lowest BCUT2D eigenvalue weighted by atomic mass is 10.1. The summed E-state index contributed by atoms with van der Waals surface area (Å²) in [5.41, 5.74) is 0. The van der Waals surface area contributed by atoms with Crippen LogP contribution < -0.4 is 0 Å². The number of thiocarbonyl (C=S) groups is 1. The largest absolute Gasteiger partial charge is 0.0808 e. The van der Waals surface area contributed by atoms with Crippen molar-refractivity contribution in [3.63, 3.8) is 0 Å². The predicted molar refractivity (Wildman–Crippen MR) is 42.5 cm³/mol. The zero-order valence-corrected chi connectivity index (χ0v) is 6.85. The van der Waals surface area contributed by atoms with Gasteiger partial charge in [0.25, 0.3) is 0 Å². The van der Waals surface area contributed by atoms with Crippen LogP contribution in [0.3, 0.4) is 0 Å². The first-order valence-electron chi connectivity index (χ1n) is 2.81. The van der Waals surface area contributed by atoms with E-state index in [0.717, 1.165) is 12.8 Å². The molecule has 0 aliphatic carbocycles. The van der Waals surface area contributed by atoms with Crippen molar-refractivity contribution in [1.82, 2.24) is 0 Å². The van der Waals surface area contributed by atoms with Crippen molar-refractivity contribution in [3.8, 4) is 0 Å². The SMILES string of the molecule is CC(C)CCC(=S)Cl. The van der Waals surface area contributed by atoms with Crippen molar-refractivity contribution >= 4 is 28.1 Å². The van der Waals surface area contributed by atoms with Crippen molar-refractivity contribution in [2.45, 2.75) is 26.7 Å². The number of hydrogen-bond donors (Lipinski definition) is 0. The number of halogens is 1. The summed E-state index contributed by atoms with van der Waals surface area (Å²) in [6, 6.07) is 0. The van der Waals surface area contributed by atoms with Crippen LogP contribution in [0.4, 0.5) is 0 Å². The van der Waals surface area contributed by atoms with Gasteiger partial charge in [-0.25, -0.2) is 0 Å². The van der Waals surface area contributed by atoms with Crippen LogP contribution in [0.25, 0.3) is 0 Å². The van der Waals surface area contributed by atoms with Crippen molar-refractivity contribution < 1.29 is 0 Å².